The molecule has 1 aromatic carbocycles. The predicted octanol–water partition coefficient (Wildman–Crippen LogP) is 2.39. The second-order valence-electron chi connectivity index (χ2n) is 2.90. The highest BCUT2D eigenvalue weighted by Crippen LogP contribution is 2.25. The van der Waals surface area contributed by atoms with Gasteiger partial charge in [0.1, 0.15) is 0 Å². The van der Waals surface area contributed by atoms with Crippen molar-refractivity contribution in [1.29, 1.82) is 0 Å². The zero-order valence-electron chi connectivity index (χ0n) is 7.55. The summed E-state index contributed by atoms with van der Waals surface area (Å²) in [5.41, 5.74) is 5.97. The fraction of sp³-hybridized carbons (Fsp3) is 0.222. The summed E-state index contributed by atoms with van der Waals surface area (Å²) in [6.45, 7) is 1.61. The van der Waals surface area contributed by atoms with Crippen molar-refractivity contribution in [3.63, 3.8) is 0 Å². The molecule has 0 fully saturated rings. The van der Waals surface area contributed by atoms with Gasteiger partial charge in [0.05, 0.1) is 16.8 Å². The van der Waals surface area contributed by atoms with Crippen molar-refractivity contribution in [2.45, 2.75) is 13.0 Å². The van der Waals surface area contributed by atoms with Crippen LogP contribution in [0.1, 0.15) is 6.92 Å². The summed E-state index contributed by atoms with van der Waals surface area (Å²) in [5, 5.41) is 3.10. The Kier molecular flexibility index (Phi) is 3.92. The summed E-state index contributed by atoms with van der Waals surface area (Å²) >= 11 is 9.16. The van der Waals surface area contributed by atoms with Gasteiger partial charge in [-0.05, 0) is 25.1 Å². The van der Waals surface area contributed by atoms with Crippen molar-refractivity contribution >= 4 is 39.1 Å². The van der Waals surface area contributed by atoms with Crippen LogP contribution >= 0.6 is 27.5 Å². The van der Waals surface area contributed by atoms with Crippen LogP contribution in [0.2, 0.25) is 5.02 Å². The Balaban J connectivity index is 2.82. The lowest BCUT2D eigenvalue weighted by atomic mass is 10.3. The summed E-state index contributed by atoms with van der Waals surface area (Å²) < 4.78 is 0.862. The third kappa shape index (κ3) is 2.97. The second-order valence-corrected chi connectivity index (χ2v) is 4.22. The number of carbonyl (C=O) groups is 1. The van der Waals surface area contributed by atoms with Gasteiger partial charge in [0.2, 0.25) is 5.91 Å². The average Bonchev–Trinajstić information content (AvgIpc) is 2.09. The number of amides is 1. The molecule has 14 heavy (non-hydrogen) atoms. The normalized spacial score (nSPS) is 12.3. The largest absolute Gasteiger partial charge is 0.323 e. The molecule has 0 heterocycles. The Bertz CT molecular complexity index is 355. The molecule has 1 rings (SSSR count). The van der Waals surface area contributed by atoms with Crippen LogP contribution in [0.15, 0.2) is 22.7 Å². The number of hydrogen-bond acceptors (Lipinski definition) is 2. The van der Waals surface area contributed by atoms with E-state index in [9.17, 15) is 4.79 Å². The van der Waals surface area contributed by atoms with E-state index < -0.39 is 6.04 Å². The van der Waals surface area contributed by atoms with Crippen LogP contribution in [0.4, 0.5) is 5.69 Å². The van der Waals surface area contributed by atoms with Gasteiger partial charge in [-0.3, -0.25) is 4.79 Å². The molecule has 0 spiro atoms. The highest BCUT2D eigenvalue weighted by atomic mass is 79.9. The SMILES string of the molecule is C[C@@H](N)C(=O)Nc1ccc(Br)cc1Cl. The van der Waals surface area contributed by atoms with E-state index in [-0.39, 0.29) is 5.91 Å². The highest BCUT2D eigenvalue weighted by molar-refractivity contribution is 9.10. The number of halogens is 2. The van der Waals surface area contributed by atoms with E-state index in [4.69, 9.17) is 17.3 Å². The topological polar surface area (TPSA) is 55.1 Å². The monoisotopic (exact) mass is 276 g/mol. The Morgan fingerprint density at radius 3 is 2.79 bits per heavy atom. The molecule has 5 heteroatoms. The summed E-state index contributed by atoms with van der Waals surface area (Å²) in [5.74, 6) is -0.255. The van der Waals surface area contributed by atoms with Crippen LogP contribution < -0.4 is 11.1 Å². The average molecular weight is 278 g/mol. The minimum atomic E-state index is -0.547. The third-order valence-corrected chi connectivity index (χ3v) is 2.41. The van der Waals surface area contributed by atoms with Gasteiger partial charge >= 0.3 is 0 Å². The van der Waals surface area contributed by atoms with E-state index in [1.807, 2.05) is 0 Å². The maximum Gasteiger partial charge on any atom is 0.241 e. The number of hydrogen-bond donors (Lipinski definition) is 2. The fourth-order valence-corrected chi connectivity index (χ4v) is 1.56. The minimum Gasteiger partial charge on any atom is -0.323 e. The van der Waals surface area contributed by atoms with Crippen LogP contribution in [-0.4, -0.2) is 11.9 Å². The molecule has 0 aliphatic carbocycles. The first-order valence-electron chi connectivity index (χ1n) is 4.02. The van der Waals surface area contributed by atoms with Gasteiger partial charge in [0.15, 0.2) is 0 Å². The number of benzene rings is 1. The lowest BCUT2D eigenvalue weighted by Gasteiger charge is -2.09. The van der Waals surface area contributed by atoms with Crippen molar-refractivity contribution in [3.8, 4) is 0 Å². The zero-order chi connectivity index (χ0) is 10.7. The molecule has 0 saturated carbocycles. The Hall–Kier alpha value is -0.580. The van der Waals surface area contributed by atoms with Gasteiger partial charge < -0.3 is 11.1 Å². The summed E-state index contributed by atoms with van der Waals surface area (Å²) in [7, 11) is 0. The zero-order valence-corrected chi connectivity index (χ0v) is 9.89. The second kappa shape index (κ2) is 4.77. The Labute approximate surface area is 95.7 Å². The number of anilines is 1. The molecule has 0 aliphatic heterocycles. The summed E-state index contributed by atoms with van der Waals surface area (Å²) in [4.78, 5) is 11.2. The molecule has 0 unspecified atom stereocenters. The molecule has 0 aliphatic rings. The molecule has 76 valence electrons. The van der Waals surface area contributed by atoms with E-state index in [0.29, 0.717) is 10.7 Å². The van der Waals surface area contributed by atoms with Crippen LogP contribution in [0.5, 0.6) is 0 Å². The van der Waals surface area contributed by atoms with Crippen LogP contribution in [0, 0.1) is 0 Å². The molecule has 0 aromatic heterocycles. The molecule has 3 N–H and O–H groups in total. The standard InChI is InChI=1S/C9H10BrClN2O/c1-5(12)9(14)13-8-3-2-6(10)4-7(8)11/h2-5H,12H2,1H3,(H,13,14)/t5-/m1/s1. The summed E-state index contributed by atoms with van der Waals surface area (Å²) in [6.07, 6.45) is 0. The Morgan fingerprint density at radius 2 is 2.29 bits per heavy atom. The first-order valence-corrected chi connectivity index (χ1v) is 5.19. The maximum absolute atomic E-state index is 11.2. The van der Waals surface area contributed by atoms with E-state index >= 15 is 0 Å². The first kappa shape index (κ1) is 11.5. The van der Waals surface area contributed by atoms with Crippen molar-refractivity contribution < 1.29 is 4.79 Å². The quantitative estimate of drug-likeness (QED) is 0.872. The highest BCUT2D eigenvalue weighted by Gasteiger charge is 2.09. The van der Waals surface area contributed by atoms with Crippen molar-refractivity contribution in [1.82, 2.24) is 0 Å². The molecule has 0 radical (unpaired) electrons. The number of nitrogens with two attached hydrogens (primary N) is 1. The van der Waals surface area contributed by atoms with Crippen LogP contribution in [0.25, 0.3) is 0 Å². The lowest BCUT2D eigenvalue weighted by molar-refractivity contribution is -0.117. The van der Waals surface area contributed by atoms with Gasteiger partial charge in [-0.1, -0.05) is 27.5 Å². The molecule has 0 saturated heterocycles. The van der Waals surface area contributed by atoms with Gasteiger partial charge in [0, 0.05) is 4.47 Å². The van der Waals surface area contributed by atoms with Gasteiger partial charge in [0.25, 0.3) is 0 Å². The van der Waals surface area contributed by atoms with E-state index in [1.165, 1.54) is 0 Å². The minimum absolute atomic E-state index is 0.255. The maximum atomic E-state index is 11.2. The van der Waals surface area contributed by atoms with Crippen molar-refractivity contribution in [2.24, 2.45) is 5.73 Å². The summed E-state index contributed by atoms with van der Waals surface area (Å²) in [6, 6.07) is 4.67. The van der Waals surface area contributed by atoms with E-state index in [2.05, 4.69) is 21.2 Å². The van der Waals surface area contributed by atoms with Crippen LogP contribution in [-0.2, 0) is 4.79 Å². The smallest absolute Gasteiger partial charge is 0.241 e. The first-order chi connectivity index (χ1) is 6.50. The molecule has 3 nitrogen and oxygen atoms in total. The van der Waals surface area contributed by atoms with Gasteiger partial charge in [-0.2, -0.15) is 0 Å². The Morgan fingerprint density at radius 1 is 1.64 bits per heavy atom. The van der Waals surface area contributed by atoms with Gasteiger partial charge in [-0.15, -0.1) is 0 Å². The molecule has 1 aromatic rings. The molecular weight excluding hydrogens is 267 g/mol. The third-order valence-electron chi connectivity index (χ3n) is 1.60. The number of rotatable bonds is 2. The fourth-order valence-electron chi connectivity index (χ4n) is 0.837. The lowest BCUT2D eigenvalue weighted by Crippen LogP contribution is -2.32. The van der Waals surface area contributed by atoms with E-state index in [1.54, 1.807) is 25.1 Å². The molecular formula is C9H10BrClN2O. The van der Waals surface area contributed by atoms with Crippen molar-refractivity contribution in [3.05, 3.63) is 27.7 Å². The van der Waals surface area contributed by atoms with Crippen molar-refractivity contribution in [2.75, 3.05) is 5.32 Å². The molecule has 0 bridgehead atoms. The number of carbonyl (C=O) groups excluding carboxylic acids is 1. The molecule has 1 amide bonds. The predicted molar refractivity (Wildman–Crippen MR) is 61.4 cm³/mol. The molecule has 1 atom stereocenters. The number of nitrogens with one attached hydrogen (secondary N) is 1. The van der Waals surface area contributed by atoms with Crippen LogP contribution in [0.3, 0.4) is 0 Å². The van der Waals surface area contributed by atoms with Gasteiger partial charge in [-0.25, -0.2) is 0 Å². The van der Waals surface area contributed by atoms with E-state index in [0.717, 1.165) is 4.47 Å².